The minimum absolute atomic E-state index is 0.217. The molecule has 112 valence electrons. The number of aromatic nitrogens is 4. The van der Waals surface area contributed by atoms with Crippen molar-refractivity contribution in [2.24, 2.45) is 0 Å². The molecule has 0 aliphatic rings. The second-order valence-electron chi connectivity index (χ2n) is 4.70. The molecular formula is C16H15FN4S. The van der Waals surface area contributed by atoms with Crippen molar-refractivity contribution in [3.05, 3.63) is 60.2 Å². The Balaban J connectivity index is 1.80. The van der Waals surface area contributed by atoms with Crippen LogP contribution in [0.3, 0.4) is 0 Å². The summed E-state index contributed by atoms with van der Waals surface area (Å²) in [6, 6.07) is 10.4. The average Bonchev–Trinajstić information content (AvgIpc) is 2.98. The van der Waals surface area contributed by atoms with E-state index in [0.717, 1.165) is 34.4 Å². The molecule has 0 amide bonds. The van der Waals surface area contributed by atoms with E-state index in [2.05, 4.69) is 26.7 Å². The second-order valence-corrected chi connectivity index (χ2v) is 5.64. The molecule has 22 heavy (non-hydrogen) atoms. The minimum atomic E-state index is -0.217. The highest BCUT2D eigenvalue weighted by Crippen LogP contribution is 2.26. The van der Waals surface area contributed by atoms with Crippen LogP contribution in [0.4, 0.5) is 4.39 Å². The number of rotatable bonds is 5. The van der Waals surface area contributed by atoms with Crippen LogP contribution in [0.5, 0.6) is 0 Å². The van der Waals surface area contributed by atoms with Crippen LogP contribution in [0.25, 0.3) is 11.4 Å². The molecule has 3 rings (SSSR count). The third-order valence-electron chi connectivity index (χ3n) is 3.25. The van der Waals surface area contributed by atoms with E-state index in [4.69, 9.17) is 0 Å². The van der Waals surface area contributed by atoms with Gasteiger partial charge in [-0.25, -0.2) is 4.39 Å². The van der Waals surface area contributed by atoms with Gasteiger partial charge < -0.3 is 4.57 Å². The Hall–Kier alpha value is -2.21. The van der Waals surface area contributed by atoms with Crippen LogP contribution < -0.4 is 0 Å². The molecule has 0 aliphatic carbocycles. The number of hydrogen-bond donors (Lipinski definition) is 0. The normalized spacial score (nSPS) is 10.8. The lowest BCUT2D eigenvalue weighted by Crippen LogP contribution is -1.99. The molecule has 3 aromatic rings. The van der Waals surface area contributed by atoms with Gasteiger partial charge in [-0.15, -0.1) is 10.2 Å². The third kappa shape index (κ3) is 3.17. The number of hydrogen-bond acceptors (Lipinski definition) is 4. The van der Waals surface area contributed by atoms with E-state index in [1.807, 2.05) is 12.1 Å². The van der Waals surface area contributed by atoms with Crippen molar-refractivity contribution < 1.29 is 4.39 Å². The van der Waals surface area contributed by atoms with E-state index in [1.54, 1.807) is 36.3 Å². The van der Waals surface area contributed by atoms with Crippen LogP contribution >= 0.6 is 11.8 Å². The number of halogens is 1. The van der Waals surface area contributed by atoms with Gasteiger partial charge in [0.15, 0.2) is 11.0 Å². The summed E-state index contributed by atoms with van der Waals surface area (Å²) in [4.78, 5) is 4.02. The van der Waals surface area contributed by atoms with Gasteiger partial charge in [-0.3, -0.25) is 4.98 Å². The van der Waals surface area contributed by atoms with Crippen molar-refractivity contribution in [2.45, 2.75) is 24.4 Å². The molecule has 0 saturated heterocycles. The van der Waals surface area contributed by atoms with Crippen LogP contribution in [-0.2, 0) is 12.3 Å². The topological polar surface area (TPSA) is 43.6 Å². The van der Waals surface area contributed by atoms with Gasteiger partial charge >= 0.3 is 0 Å². The molecule has 0 unspecified atom stereocenters. The van der Waals surface area contributed by atoms with Crippen molar-refractivity contribution >= 4 is 11.8 Å². The van der Waals surface area contributed by atoms with Gasteiger partial charge in [-0.2, -0.15) is 0 Å². The molecular weight excluding hydrogens is 299 g/mol. The van der Waals surface area contributed by atoms with Gasteiger partial charge in [0.05, 0.1) is 0 Å². The van der Waals surface area contributed by atoms with E-state index in [1.165, 1.54) is 12.1 Å². The van der Waals surface area contributed by atoms with Gasteiger partial charge in [-0.05, 0) is 36.8 Å². The molecule has 4 nitrogen and oxygen atoms in total. The lowest BCUT2D eigenvalue weighted by atomic mass is 10.2. The molecule has 1 aromatic carbocycles. The highest BCUT2D eigenvalue weighted by molar-refractivity contribution is 7.98. The van der Waals surface area contributed by atoms with Crippen LogP contribution in [0.15, 0.2) is 53.9 Å². The van der Waals surface area contributed by atoms with Crippen LogP contribution in [0, 0.1) is 5.82 Å². The van der Waals surface area contributed by atoms with E-state index in [0.29, 0.717) is 0 Å². The van der Waals surface area contributed by atoms with E-state index in [9.17, 15) is 4.39 Å². The lowest BCUT2D eigenvalue weighted by molar-refractivity contribution is 0.627. The molecule has 0 atom stereocenters. The van der Waals surface area contributed by atoms with E-state index >= 15 is 0 Å². The van der Waals surface area contributed by atoms with Gasteiger partial charge in [-0.1, -0.05) is 23.9 Å². The van der Waals surface area contributed by atoms with Crippen LogP contribution in [-0.4, -0.2) is 19.7 Å². The molecule has 0 radical (unpaired) electrons. The van der Waals surface area contributed by atoms with Crippen molar-refractivity contribution in [2.75, 3.05) is 0 Å². The first-order valence-electron chi connectivity index (χ1n) is 6.98. The Morgan fingerprint density at radius 1 is 1.05 bits per heavy atom. The molecule has 0 spiro atoms. The molecule has 0 saturated carbocycles. The molecule has 2 heterocycles. The number of benzene rings is 1. The lowest BCUT2D eigenvalue weighted by Gasteiger charge is -2.07. The van der Waals surface area contributed by atoms with Crippen molar-refractivity contribution in [3.63, 3.8) is 0 Å². The Bertz CT molecular complexity index is 741. The minimum Gasteiger partial charge on any atom is -0.302 e. The van der Waals surface area contributed by atoms with Crippen molar-refractivity contribution in [1.82, 2.24) is 19.7 Å². The van der Waals surface area contributed by atoms with Crippen LogP contribution in [0.1, 0.15) is 12.5 Å². The summed E-state index contributed by atoms with van der Waals surface area (Å²) in [5, 5.41) is 9.43. The standard InChI is InChI=1S/C16H15FN4S/c1-2-21-15(13-7-9-18-10-8-13)19-20-16(21)22-11-12-3-5-14(17)6-4-12/h3-10H,2,11H2,1H3. The van der Waals surface area contributed by atoms with Gasteiger partial charge in [0, 0.05) is 30.3 Å². The molecule has 0 bridgehead atoms. The Morgan fingerprint density at radius 2 is 1.77 bits per heavy atom. The SMILES string of the molecule is CCn1c(SCc2ccc(F)cc2)nnc1-c1ccncc1. The summed E-state index contributed by atoms with van der Waals surface area (Å²) >= 11 is 1.60. The number of pyridine rings is 1. The van der Waals surface area contributed by atoms with Gasteiger partial charge in [0.25, 0.3) is 0 Å². The van der Waals surface area contributed by atoms with Crippen molar-refractivity contribution in [3.8, 4) is 11.4 Å². The predicted octanol–water partition coefficient (Wildman–Crippen LogP) is 3.79. The highest BCUT2D eigenvalue weighted by Gasteiger charge is 2.13. The van der Waals surface area contributed by atoms with Gasteiger partial charge in [0.1, 0.15) is 5.82 Å². The van der Waals surface area contributed by atoms with E-state index in [-0.39, 0.29) is 5.82 Å². The predicted molar refractivity (Wildman–Crippen MR) is 84.9 cm³/mol. The fourth-order valence-electron chi connectivity index (χ4n) is 2.12. The molecule has 0 N–H and O–H groups in total. The van der Waals surface area contributed by atoms with E-state index < -0.39 is 0 Å². The Morgan fingerprint density at radius 3 is 2.45 bits per heavy atom. The largest absolute Gasteiger partial charge is 0.302 e. The monoisotopic (exact) mass is 314 g/mol. The summed E-state index contributed by atoms with van der Waals surface area (Å²) in [7, 11) is 0. The maximum atomic E-state index is 12.9. The summed E-state index contributed by atoms with van der Waals surface area (Å²) in [6.07, 6.45) is 3.49. The van der Waals surface area contributed by atoms with Gasteiger partial charge in [0.2, 0.25) is 0 Å². The first-order valence-corrected chi connectivity index (χ1v) is 7.97. The summed E-state index contributed by atoms with van der Waals surface area (Å²) in [5.41, 5.74) is 2.06. The average molecular weight is 314 g/mol. The smallest absolute Gasteiger partial charge is 0.191 e. The maximum absolute atomic E-state index is 12.9. The van der Waals surface area contributed by atoms with Crippen molar-refractivity contribution in [1.29, 1.82) is 0 Å². The number of thioether (sulfide) groups is 1. The van der Waals surface area contributed by atoms with Crippen LogP contribution in [0.2, 0.25) is 0 Å². The summed E-state index contributed by atoms with van der Waals surface area (Å²) in [6.45, 7) is 2.85. The molecule has 6 heteroatoms. The fourth-order valence-corrected chi connectivity index (χ4v) is 3.08. The summed E-state index contributed by atoms with van der Waals surface area (Å²) < 4.78 is 15.0. The molecule has 2 aromatic heterocycles. The highest BCUT2D eigenvalue weighted by atomic mass is 32.2. The zero-order valence-electron chi connectivity index (χ0n) is 12.1. The summed E-state index contributed by atoms with van der Waals surface area (Å²) in [5.74, 6) is 1.35. The number of nitrogens with zero attached hydrogens (tertiary/aromatic N) is 4. The second kappa shape index (κ2) is 6.70. The molecule has 0 aliphatic heterocycles. The maximum Gasteiger partial charge on any atom is 0.191 e. The fraction of sp³-hybridized carbons (Fsp3) is 0.188. The Kier molecular flexibility index (Phi) is 4.48. The molecule has 0 fully saturated rings. The first-order chi connectivity index (χ1) is 10.8. The Labute approximate surface area is 132 Å². The first kappa shape index (κ1) is 14.7. The zero-order valence-corrected chi connectivity index (χ0v) is 12.9. The third-order valence-corrected chi connectivity index (χ3v) is 4.29. The zero-order chi connectivity index (χ0) is 15.4. The quantitative estimate of drug-likeness (QED) is 0.672.